The van der Waals surface area contributed by atoms with Gasteiger partial charge in [-0.3, -0.25) is 4.98 Å². The van der Waals surface area contributed by atoms with Crippen LogP contribution in [0, 0.1) is 5.92 Å². The summed E-state index contributed by atoms with van der Waals surface area (Å²) < 4.78 is 0. The largest absolute Gasteiger partial charge is 0.369 e. The van der Waals surface area contributed by atoms with E-state index in [4.69, 9.17) is 0 Å². The molecule has 1 saturated carbocycles. The Hall–Kier alpha value is -1.09. The highest BCUT2D eigenvalue weighted by Crippen LogP contribution is 2.26. The summed E-state index contributed by atoms with van der Waals surface area (Å²) in [6, 6.07) is 4.86. The van der Waals surface area contributed by atoms with E-state index in [1.54, 1.807) is 0 Å². The quantitative estimate of drug-likeness (QED) is 0.883. The number of nitrogens with one attached hydrogen (secondary N) is 1. The van der Waals surface area contributed by atoms with Gasteiger partial charge in [0, 0.05) is 25.3 Å². The Bertz CT molecular complexity index is 361. The zero-order chi connectivity index (χ0) is 12.2. The molecule has 1 aromatic rings. The minimum Gasteiger partial charge on any atom is -0.369 e. The molecule has 1 aliphatic heterocycles. The van der Waals surface area contributed by atoms with E-state index in [1.165, 1.54) is 50.9 Å². The third-order valence-corrected chi connectivity index (χ3v) is 4.35. The van der Waals surface area contributed by atoms with E-state index < -0.39 is 0 Å². The van der Waals surface area contributed by atoms with Crippen LogP contribution >= 0.6 is 0 Å². The van der Waals surface area contributed by atoms with Gasteiger partial charge in [0.25, 0.3) is 0 Å². The molecule has 3 rings (SSSR count). The van der Waals surface area contributed by atoms with Gasteiger partial charge in [-0.05, 0) is 50.3 Å². The van der Waals surface area contributed by atoms with E-state index in [9.17, 15) is 0 Å². The van der Waals surface area contributed by atoms with Crippen LogP contribution in [0.3, 0.4) is 0 Å². The molecule has 98 valence electrons. The van der Waals surface area contributed by atoms with Crippen molar-refractivity contribution in [2.45, 2.75) is 38.1 Å². The van der Waals surface area contributed by atoms with Crippen LogP contribution in [-0.4, -0.2) is 30.7 Å². The molecule has 1 aromatic heterocycles. The van der Waals surface area contributed by atoms with E-state index in [-0.39, 0.29) is 0 Å². The van der Waals surface area contributed by atoms with Crippen molar-refractivity contribution in [3.8, 4) is 0 Å². The molecule has 0 amide bonds. The molecule has 2 fully saturated rings. The van der Waals surface area contributed by atoms with Gasteiger partial charge in [0.1, 0.15) is 0 Å². The number of pyridine rings is 1. The lowest BCUT2D eigenvalue weighted by atomic mass is 9.85. The average Bonchev–Trinajstić information content (AvgIpc) is 2.38. The van der Waals surface area contributed by atoms with Gasteiger partial charge in [0.05, 0.1) is 11.9 Å². The van der Waals surface area contributed by atoms with Crippen molar-refractivity contribution in [1.29, 1.82) is 0 Å². The fourth-order valence-electron chi connectivity index (χ4n) is 2.95. The standard InChI is InChI=1S/C15H23N3/c1-4-13(5-1)10-17-14-6-3-9-18(12-14)15-7-2-8-16-11-15/h2,7-8,11,13-14,17H,1,3-6,9-10,12H2/t14-/m1/s1. The molecular weight excluding hydrogens is 222 g/mol. The predicted molar refractivity (Wildman–Crippen MR) is 74.8 cm³/mol. The number of hydrogen-bond donors (Lipinski definition) is 1. The molecule has 18 heavy (non-hydrogen) atoms. The molecule has 3 nitrogen and oxygen atoms in total. The lowest BCUT2D eigenvalue weighted by Gasteiger charge is -2.36. The van der Waals surface area contributed by atoms with Gasteiger partial charge < -0.3 is 10.2 Å². The number of rotatable bonds is 4. The molecular formula is C15H23N3. The maximum absolute atomic E-state index is 4.22. The Morgan fingerprint density at radius 3 is 2.94 bits per heavy atom. The summed E-state index contributed by atoms with van der Waals surface area (Å²) >= 11 is 0. The first-order valence-electron chi connectivity index (χ1n) is 7.30. The number of aromatic nitrogens is 1. The summed E-state index contributed by atoms with van der Waals surface area (Å²) in [5, 5.41) is 3.76. The number of piperidine rings is 1. The van der Waals surface area contributed by atoms with Crippen LogP contribution in [0.15, 0.2) is 24.5 Å². The molecule has 0 radical (unpaired) electrons. The molecule has 0 aromatic carbocycles. The predicted octanol–water partition coefficient (Wildman–Crippen LogP) is 2.44. The van der Waals surface area contributed by atoms with Gasteiger partial charge in [-0.2, -0.15) is 0 Å². The topological polar surface area (TPSA) is 28.2 Å². The summed E-state index contributed by atoms with van der Waals surface area (Å²) in [5.41, 5.74) is 1.27. The fourth-order valence-corrected chi connectivity index (χ4v) is 2.95. The van der Waals surface area contributed by atoms with Gasteiger partial charge >= 0.3 is 0 Å². The van der Waals surface area contributed by atoms with Crippen LogP contribution in [0.2, 0.25) is 0 Å². The second-order valence-corrected chi connectivity index (χ2v) is 5.70. The molecule has 1 N–H and O–H groups in total. The van der Waals surface area contributed by atoms with Crippen molar-refractivity contribution in [1.82, 2.24) is 10.3 Å². The van der Waals surface area contributed by atoms with Gasteiger partial charge in [0.15, 0.2) is 0 Å². The second-order valence-electron chi connectivity index (χ2n) is 5.70. The molecule has 0 spiro atoms. The Morgan fingerprint density at radius 2 is 2.22 bits per heavy atom. The van der Waals surface area contributed by atoms with Crippen LogP contribution in [0.25, 0.3) is 0 Å². The molecule has 0 unspecified atom stereocenters. The summed E-state index contributed by atoms with van der Waals surface area (Å²) in [7, 11) is 0. The summed E-state index contributed by atoms with van der Waals surface area (Å²) in [6.07, 6.45) is 10.8. The maximum atomic E-state index is 4.22. The highest BCUT2D eigenvalue weighted by Gasteiger charge is 2.22. The Balaban J connectivity index is 1.51. The monoisotopic (exact) mass is 245 g/mol. The first-order valence-corrected chi connectivity index (χ1v) is 7.30. The van der Waals surface area contributed by atoms with Crippen LogP contribution in [0.4, 0.5) is 5.69 Å². The normalized spacial score (nSPS) is 24.9. The van der Waals surface area contributed by atoms with Gasteiger partial charge in [-0.1, -0.05) is 6.42 Å². The third-order valence-electron chi connectivity index (χ3n) is 4.35. The maximum Gasteiger partial charge on any atom is 0.0553 e. The van der Waals surface area contributed by atoms with Crippen LogP contribution in [-0.2, 0) is 0 Å². The number of anilines is 1. The molecule has 1 saturated heterocycles. The molecule has 3 heteroatoms. The van der Waals surface area contributed by atoms with Crippen molar-refractivity contribution in [2.24, 2.45) is 5.92 Å². The van der Waals surface area contributed by atoms with Crippen molar-refractivity contribution >= 4 is 5.69 Å². The van der Waals surface area contributed by atoms with Gasteiger partial charge in [0.2, 0.25) is 0 Å². The van der Waals surface area contributed by atoms with E-state index in [0.29, 0.717) is 6.04 Å². The van der Waals surface area contributed by atoms with Crippen LogP contribution in [0.5, 0.6) is 0 Å². The van der Waals surface area contributed by atoms with E-state index in [0.717, 1.165) is 12.5 Å². The van der Waals surface area contributed by atoms with Crippen molar-refractivity contribution in [2.75, 3.05) is 24.5 Å². The van der Waals surface area contributed by atoms with Crippen molar-refractivity contribution < 1.29 is 0 Å². The summed E-state index contributed by atoms with van der Waals surface area (Å²) in [5.74, 6) is 0.957. The SMILES string of the molecule is c1cncc(N2CCC[C@@H](NCC3CCC3)C2)c1. The van der Waals surface area contributed by atoms with Crippen molar-refractivity contribution in [3.05, 3.63) is 24.5 Å². The Kier molecular flexibility index (Phi) is 3.79. The van der Waals surface area contributed by atoms with E-state index >= 15 is 0 Å². The van der Waals surface area contributed by atoms with E-state index in [2.05, 4.69) is 21.3 Å². The smallest absolute Gasteiger partial charge is 0.0553 e. The molecule has 1 atom stereocenters. The molecule has 2 aliphatic rings. The minimum absolute atomic E-state index is 0.666. The van der Waals surface area contributed by atoms with Crippen molar-refractivity contribution in [3.63, 3.8) is 0 Å². The second kappa shape index (κ2) is 5.70. The van der Waals surface area contributed by atoms with E-state index in [1.807, 2.05) is 18.5 Å². The first kappa shape index (κ1) is 12.0. The van der Waals surface area contributed by atoms with Gasteiger partial charge in [-0.25, -0.2) is 0 Å². The average molecular weight is 245 g/mol. The molecule has 2 heterocycles. The third kappa shape index (κ3) is 2.83. The van der Waals surface area contributed by atoms with Crippen LogP contribution in [0.1, 0.15) is 32.1 Å². The lowest BCUT2D eigenvalue weighted by Crippen LogP contribution is -2.47. The Morgan fingerprint density at radius 1 is 1.28 bits per heavy atom. The highest BCUT2D eigenvalue weighted by molar-refractivity contribution is 5.44. The molecule has 0 bridgehead atoms. The summed E-state index contributed by atoms with van der Waals surface area (Å²) in [4.78, 5) is 6.69. The Labute approximate surface area is 110 Å². The highest BCUT2D eigenvalue weighted by atomic mass is 15.2. The van der Waals surface area contributed by atoms with Gasteiger partial charge in [-0.15, -0.1) is 0 Å². The number of hydrogen-bond acceptors (Lipinski definition) is 3. The number of nitrogens with zero attached hydrogens (tertiary/aromatic N) is 2. The minimum atomic E-state index is 0.666. The summed E-state index contributed by atoms with van der Waals surface area (Å²) in [6.45, 7) is 3.54. The zero-order valence-electron chi connectivity index (χ0n) is 11.0. The zero-order valence-corrected chi connectivity index (χ0v) is 11.0. The molecule has 1 aliphatic carbocycles. The van der Waals surface area contributed by atoms with Crippen LogP contribution < -0.4 is 10.2 Å². The first-order chi connectivity index (χ1) is 8.92. The fraction of sp³-hybridized carbons (Fsp3) is 0.667. The lowest BCUT2D eigenvalue weighted by molar-refractivity contribution is 0.280.